The highest BCUT2D eigenvalue weighted by Gasteiger charge is 2.78. The number of aliphatic hydroxyl groups excluding tert-OH is 1. The van der Waals surface area contributed by atoms with E-state index in [-0.39, 0.29) is 30.4 Å². The first-order chi connectivity index (χ1) is 21.9. The number of esters is 1. The summed E-state index contributed by atoms with van der Waals surface area (Å²) in [6, 6.07) is 3.62. The van der Waals surface area contributed by atoms with Gasteiger partial charge < -0.3 is 9.84 Å². The first kappa shape index (κ1) is 34.0. The summed E-state index contributed by atoms with van der Waals surface area (Å²) in [4.78, 5) is 53.1. The lowest BCUT2D eigenvalue weighted by molar-refractivity contribution is -0.230. The number of fused-ring (bicyclic) bond motifs is 5. The number of alkyl halides is 5. The van der Waals surface area contributed by atoms with Gasteiger partial charge in [0.25, 0.3) is 0 Å². The number of Topliss-reactive ketones (excluding diaryl/α,β-unsaturated/α-hetero) is 1. The third kappa shape index (κ3) is 4.89. The molecule has 0 heterocycles. The number of halogens is 5. The third-order valence-corrected chi connectivity index (χ3v) is 13.0. The molecule has 4 fully saturated rings. The molecule has 0 spiro atoms. The van der Waals surface area contributed by atoms with Crippen LogP contribution in [0.15, 0.2) is 48.1 Å². The molecule has 12 heteroatoms. The molecule has 4 saturated carbocycles. The number of allylic oxidation sites excluding steroid dienone is 4. The molecule has 5 aliphatic rings. The lowest BCUT2D eigenvalue weighted by Gasteiger charge is -2.63. The van der Waals surface area contributed by atoms with Crippen LogP contribution >= 0.6 is 11.8 Å². The topological polar surface area (TPSA) is 97.7 Å². The van der Waals surface area contributed by atoms with Crippen LogP contribution in [0.25, 0.3) is 0 Å². The predicted octanol–water partition coefficient (Wildman–Crippen LogP) is 6.79. The van der Waals surface area contributed by atoms with Crippen LogP contribution in [-0.4, -0.2) is 57.1 Å². The largest absolute Gasteiger partial charge is 0.449 e. The van der Waals surface area contributed by atoms with Crippen molar-refractivity contribution in [3.8, 4) is 0 Å². The van der Waals surface area contributed by atoms with Gasteiger partial charge in [-0.15, -0.1) is 0 Å². The Labute approximate surface area is 273 Å². The molecule has 0 aromatic heterocycles. The fourth-order valence-corrected chi connectivity index (χ4v) is 10.4. The summed E-state index contributed by atoms with van der Waals surface area (Å²) in [5.41, 5.74) is -8.29. The molecule has 1 aromatic carbocycles. The maximum atomic E-state index is 17.7. The van der Waals surface area contributed by atoms with Crippen LogP contribution in [0.1, 0.15) is 75.2 Å². The van der Waals surface area contributed by atoms with E-state index in [4.69, 9.17) is 4.74 Å². The molecule has 0 amide bonds. The average molecular weight is 681 g/mol. The molecule has 6 nitrogen and oxygen atoms in total. The van der Waals surface area contributed by atoms with Gasteiger partial charge in [0.05, 0.1) is 23.3 Å². The molecular weight excluding hydrogens is 643 g/mol. The Morgan fingerprint density at radius 1 is 1.06 bits per heavy atom. The Bertz CT molecular complexity index is 1570. The highest BCUT2D eigenvalue weighted by molar-refractivity contribution is 8.14. The van der Waals surface area contributed by atoms with Crippen molar-refractivity contribution in [3.63, 3.8) is 0 Å². The van der Waals surface area contributed by atoms with Crippen molar-refractivity contribution in [1.82, 2.24) is 0 Å². The van der Waals surface area contributed by atoms with E-state index in [2.05, 4.69) is 0 Å². The highest BCUT2D eigenvalue weighted by atomic mass is 32.2. The summed E-state index contributed by atoms with van der Waals surface area (Å²) in [5, 5.41) is 11.1. The first-order valence-electron chi connectivity index (χ1n) is 16.0. The standard InChI is InChI=1S/C35H37F5O6S/c1-18-13-23-24-15-26(36)25-14-22(41)11-12-31(25,2)33(24,37)28(43)16-32(23,3)34(18,46-29(44)20-5-4-6-20)30(45)47-17-27(42)19-7-9-21(10-8-19)35(38,39)40/h7-12,14,18,20,23-24,26,28,43H,4-6,13,15-17H2,1-3H3/t18-,23+,24+,26+,28+,31+,32+,33+,34-/m1/s1. The summed E-state index contributed by atoms with van der Waals surface area (Å²) in [6.45, 7) is 4.83. The molecule has 0 unspecified atom stereocenters. The fourth-order valence-electron chi connectivity index (χ4n) is 9.27. The van der Waals surface area contributed by atoms with Gasteiger partial charge in [0.1, 0.15) is 6.17 Å². The van der Waals surface area contributed by atoms with Crippen LogP contribution in [0.2, 0.25) is 0 Å². The number of hydrogen-bond acceptors (Lipinski definition) is 7. The molecule has 5 aliphatic carbocycles. The second kappa shape index (κ2) is 11.4. The Hall–Kier alpha value is -2.86. The first-order valence-corrected chi connectivity index (χ1v) is 17.0. The second-order valence-electron chi connectivity index (χ2n) is 14.4. The maximum absolute atomic E-state index is 17.7. The van der Waals surface area contributed by atoms with Crippen molar-refractivity contribution in [2.24, 2.45) is 34.5 Å². The Morgan fingerprint density at radius 3 is 2.32 bits per heavy atom. The summed E-state index contributed by atoms with van der Waals surface area (Å²) < 4.78 is 78.9. The predicted molar refractivity (Wildman–Crippen MR) is 163 cm³/mol. The maximum Gasteiger partial charge on any atom is 0.416 e. The SMILES string of the molecule is C[C@@H]1C[C@H]2[C@@H]3C[C@H](F)C4=CC(=O)C=C[C@]4(C)[C@@]3(F)[C@@H](O)C[C@]2(C)[C@]1(OC(=O)C1CCC1)C(=O)SCC(=O)c1ccc(C(F)(F)F)cc1. The van der Waals surface area contributed by atoms with Crippen molar-refractivity contribution in [1.29, 1.82) is 0 Å². The number of carbonyl (C=O) groups excluding carboxylic acids is 4. The van der Waals surface area contributed by atoms with E-state index >= 15 is 8.78 Å². The lowest BCUT2D eigenvalue weighted by atomic mass is 9.44. The molecule has 254 valence electrons. The van der Waals surface area contributed by atoms with Crippen molar-refractivity contribution in [2.75, 3.05) is 5.75 Å². The lowest BCUT2D eigenvalue weighted by Crippen LogP contribution is -2.70. The van der Waals surface area contributed by atoms with Gasteiger partial charge in [-0.25, -0.2) is 8.78 Å². The van der Waals surface area contributed by atoms with Gasteiger partial charge in [0.15, 0.2) is 22.8 Å². The summed E-state index contributed by atoms with van der Waals surface area (Å²) in [7, 11) is 0. The normalized spacial score (nSPS) is 39.6. The smallest absolute Gasteiger partial charge is 0.416 e. The molecule has 47 heavy (non-hydrogen) atoms. The number of benzene rings is 1. The zero-order chi connectivity index (χ0) is 34.3. The van der Waals surface area contributed by atoms with Gasteiger partial charge in [-0.05, 0) is 74.8 Å². The molecular formula is C35H37F5O6S. The number of ether oxygens (including phenoxy) is 1. The van der Waals surface area contributed by atoms with Gasteiger partial charge in [-0.1, -0.05) is 50.2 Å². The monoisotopic (exact) mass is 680 g/mol. The van der Waals surface area contributed by atoms with Gasteiger partial charge in [0.2, 0.25) is 5.12 Å². The van der Waals surface area contributed by atoms with E-state index in [0.717, 1.165) is 36.8 Å². The molecule has 6 rings (SSSR count). The third-order valence-electron chi connectivity index (χ3n) is 12.0. The van der Waals surface area contributed by atoms with Gasteiger partial charge >= 0.3 is 12.1 Å². The van der Waals surface area contributed by atoms with Crippen molar-refractivity contribution < 1.29 is 51.0 Å². The van der Waals surface area contributed by atoms with E-state index in [9.17, 15) is 37.5 Å². The van der Waals surface area contributed by atoms with Crippen LogP contribution in [0.5, 0.6) is 0 Å². The number of aliphatic hydroxyl groups is 1. The molecule has 1 aromatic rings. The van der Waals surface area contributed by atoms with Crippen LogP contribution in [0.3, 0.4) is 0 Å². The Kier molecular flexibility index (Phi) is 8.22. The minimum absolute atomic E-state index is 0.0338. The summed E-state index contributed by atoms with van der Waals surface area (Å²) >= 11 is 0.575. The van der Waals surface area contributed by atoms with Gasteiger partial charge in [-0.2, -0.15) is 13.2 Å². The van der Waals surface area contributed by atoms with E-state index in [1.165, 1.54) is 19.1 Å². The molecule has 0 saturated heterocycles. The average Bonchev–Trinajstić information content (AvgIpc) is 3.19. The zero-order valence-electron chi connectivity index (χ0n) is 26.2. The highest BCUT2D eigenvalue weighted by Crippen LogP contribution is 2.72. The summed E-state index contributed by atoms with van der Waals surface area (Å²) in [6.07, 6.45) is -2.96. The number of ketones is 2. The minimum Gasteiger partial charge on any atom is -0.449 e. The van der Waals surface area contributed by atoms with Gasteiger partial charge in [0, 0.05) is 28.2 Å². The number of hydrogen-bond donors (Lipinski definition) is 1. The quantitative estimate of drug-likeness (QED) is 0.201. The minimum atomic E-state index is -4.59. The Morgan fingerprint density at radius 2 is 1.72 bits per heavy atom. The van der Waals surface area contributed by atoms with Crippen LogP contribution in [-0.2, 0) is 25.3 Å². The van der Waals surface area contributed by atoms with Crippen molar-refractivity contribution >= 4 is 34.4 Å². The van der Waals surface area contributed by atoms with Crippen LogP contribution in [0, 0.1) is 34.5 Å². The zero-order valence-corrected chi connectivity index (χ0v) is 27.1. The van der Waals surface area contributed by atoms with E-state index in [1.807, 2.05) is 0 Å². The molecule has 0 aliphatic heterocycles. The number of thioether (sulfide) groups is 1. The summed E-state index contributed by atoms with van der Waals surface area (Å²) in [5.74, 6) is -5.12. The number of rotatable bonds is 6. The van der Waals surface area contributed by atoms with Crippen LogP contribution in [0.4, 0.5) is 22.0 Å². The Balaban J connectivity index is 1.35. The van der Waals surface area contributed by atoms with Gasteiger partial charge in [-0.3, -0.25) is 19.2 Å². The van der Waals surface area contributed by atoms with E-state index < -0.39 is 98.2 Å². The van der Waals surface area contributed by atoms with Crippen molar-refractivity contribution in [3.05, 3.63) is 59.2 Å². The molecule has 0 radical (unpaired) electrons. The molecule has 1 N–H and O–H groups in total. The molecule has 9 atom stereocenters. The van der Waals surface area contributed by atoms with E-state index in [0.29, 0.717) is 24.6 Å². The number of carbonyl (C=O) groups is 4. The molecule has 0 bridgehead atoms. The van der Waals surface area contributed by atoms with Crippen molar-refractivity contribution in [2.45, 2.75) is 89.0 Å². The second-order valence-corrected chi connectivity index (χ2v) is 15.3. The van der Waals surface area contributed by atoms with E-state index in [1.54, 1.807) is 13.8 Å². The van der Waals surface area contributed by atoms with Crippen LogP contribution < -0.4 is 0 Å². The fraction of sp³-hybridized carbons (Fsp3) is 0.600.